The Morgan fingerprint density at radius 3 is 2.97 bits per heavy atom. The van der Waals surface area contributed by atoms with Crippen molar-refractivity contribution in [3.05, 3.63) is 46.0 Å². The van der Waals surface area contributed by atoms with Crippen LogP contribution in [0.15, 0.2) is 28.0 Å². The summed E-state index contributed by atoms with van der Waals surface area (Å²) in [5.74, 6) is 0.572. The van der Waals surface area contributed by atoms with Crippen LogP contribution in [0.1, 0.15) is 47.4 Å². The number of hydrogen-bond acceptors (Lipinski definition) is 9. The Labute approximate surface area is 199 Å². The van der Waals surface area contributed by atoms with Gasteiger partial charge < -0.3 is 14.5 Å². The molecule has 0 atom stereocenters. The number of furan rings is 1. The number of thioether (sulfide) groups is 1. The lowest BCUT2D eigenvalue weighted by Crippen LogP contribution is -2.16. The molecular weight excluding hydrogens is 462 g/mol. The van der Waals surface area contributed by atoms with Gasteiger partial charge in [-0.15, -0.1) is 21.5 Å². The summed E-state index contributed by atoms with van der Waals surface area (Å²) >= 11 is 2.71. The van der Waals surface area contributed by atoms with E-state index in [0.717, 1.165) is 31.2 Å². The van der Waals surface area contributed by atoms with Crippen LogP contribution in [0.5, 0.6) is 0 Å². The van der Waals surface area contributed by atoms with E-state index in [1.54, 1.807) is 23.8 Å². The Balaban J connectivity index is 1.46. The molecule has 11 heteroatoms. The number of carbonyl (C=O) groups is 2. The van der Waals surface area contributed by atoms with E-state index >= 15 is 0 Å². The van der Waals surface area contributed by atoms with Crippen molar-refractivity contribution in [3.8, 4) is 6.07 Å². The van der Waals surface area contributed by atoms with Gasteiger partial charge in [-0.05, 0) is 50.3 Å². The van der Waals surface area contributed by atoms with Crippen LogP contribution in [0.4, 0.5) is 5.00 Å². The van der Waals surface area contributed by atoms with Crippen LogP contribution in [0.3, 0.4) is 0 Å². The number of anilines is 1. The molecule has 33 heavy (non-hydrogen) atoms. The molecule has 0 fully saturated rings. The summed E-state index contributed by atoms with van der Waals surface area (Å²) < 4.78 is 12.2. The molecule has 1 N–H and O–H groups in total. The normalized spacial score (nSPS) is 12.7. The van der Waals surface area contributed by atoms with Gasteiger partial charge in [0.05, 0.1) is 30.7 Å². The predicted octanol–water partition coefficient (Wildman–Crippen LogP) is 3.57. The van der Waals surface area contributed by atoms with Gasteiger partial charge in [-0.25, -0.2) is 0 Å². The van der Waals surface area contributed by atoms with E-state index in [-0.39, 0.29) is 24.7 Å². The molecule has 0 bridgehead atoms. The standard InChI is InChI=1S/C22H23N5O4S2/c1-2-30-20(29)10-18-25-26-22(27(18)12-14-6-5-9-31-14)32-13-19(28)24-21-16(11-23)15-7-3-4-8-17(15)33-21/h5-6,9H,2-4,7-8,10,12-13H2,1H3,(H,24,28). The maximum absolute atomic E-state index is 12.7. The van der Waals surface area contributed by atoms with Gasteiger partial charge in [0.15, 0.2) is 5.16 Å². The van der Waals surface area contributed by atoms with Gasteiger partial charge in [-0.2, -0.15) is 5.26 Å². The van der Waals surface area contributed by atoms with Crippen molar-refractivity contribution in [2.75, 3.05) is 17.7 Å². The van der Waals surface area contributed by atoms with Gasteiger partial charge in [0, 0.05) is 4.88 Å². The van der Waals surface area contributed by atoms with Crippen LogP contribution in [0, 0.1) is 11.3 Å². The maximum atomic E-state index is 12.7. The largest absolute Gasteiger partial charge is 0.467 e. The van der Waals surface area contributed by atoms with Crippen molar-refractivity contribution in [2.45, 2.75) is 50.7 Å². The molecule has 172 valence electrons. The zero-order valence-corrected chi connectivity index (χ0v) is 19.8. The van der Waals surface area contributed by atoms with Crippen molar-refractivity contribution < 1.29 is 18.7 Å². The van der Waals surface area contributed by atoms with Crippen LogP contribution in [-0.2, 0) is 40.1 Å². The van der Waals surface area contributed by atoms with E-state index < -0.39 is 5.97 Å². The summed E-state index contributed by atoms with van der Waals surface area (Å²) in [5, 5.41) is 21.9. The highest BCUT2D eigenvalue weighted by molar-refractivity contribution is 7.99. The molecule has 4 rings (SSSR count). The second-order valence-corrected chi connectivity index (χ2v) is 9.46. The smallest absolute Gasteiger partial charge is 0.313 e. The summed E-state index contributed by atoms with van der Waals surface area (Å²) in [4.78, 5) is 25.8. The van der Waals surface area contributed by atoms with E-state index in [1.807, 2.05) is 6.07 Å². The van der Waals surface area contributed by atoms with Gasteiger partial charge in [0.2, 0.25) is 5.91 Å². The number of carbonyl (C=O) groups excluding carboxylic acids is 2. The number of nitrogens with one attached hydrogen (secondary N) is 1. The summed E-state index contributed by atoms with van der Waals surface area (Å²) in [6.07, 6.45) is 5.57. The summed E-state index contributed by atoms with van der Waals surface area (Å²) in [5.41, 5.74) is 1.67. The lowest BCUT2D eigenvalue weighted by Gasteiger charge is -2.09. The number of amides is 1. The van der Waals surface area contributed by atoms with Gasteiger partial charge in [0.1, 0.15) is 29.1 Å². The van der Waals surface area contributed by atoms with E-state index in [2.05, 4.69) is 21.6 Å². The average molecular weight is 486 g/mol. The fourth-order valence-electron chi connectivity index (χ4n) is 3.68. The molecule has 0 radical (unpaired) electrons. The van der Waals surface area contributed by atoms with Crippen LogP contribution < -0.4 is 5.32 Å². The monoisotopic (exact) mass is 485 g/mol. The SMILES string of the molecule is CCOC(=O)Cc1nnc(SCC(=O)Nc2sc3c(c2C#N)CCCC3)n1Cc1ccco1. The predicted molar refractivity (Wildman–Crippen MR) is 123 cm³/mol. The highest BCUT2D eigenvalue weighted by Crippen LogP contribution is 2.37. The van der Waals surface area contributed by atoms with E-state index in [9.17, 15) is 14.9 Å². The average Bonchev–Trinajstić information content (AvgIpc) is 3.52. The Hall–Kier alpha value is -3.10. The van der Waals surface area contributed by atoms with Gasteiger partial charge in [-0.3, -0.25) is 14.2 Å². The molecule has 0 saturated heterocycles. The molecule has 0 unspecified atom stereocenters. The Morgan fingerprint density at radius 2 is 2.21 bits per heavy atom. The Kier molecular flexibility index (Phi) is 7.47. The fourth-order valence-corrected chi connectivity index (χ4v) is 5.69. The van der Waals surface area contributed by atoms with Crippen LogP contribution in [0.2, 0.25) is 0 Å². The number of esters is 1. The summed E-state index contributed by atoms with van der Waals surface area (Å²) in [7, 11) is 0. The van der Waals surface area contributed by atoms with Crippen molar-refractivity contribution in [1.29, 1.82) is 5.26 Å². The first kappa shape index (κ1) is 23.1. The zero-order valence-electron chi connectivity index (χ0n) is 18.1. The van der Waals surface area contributed by atoms with Crippen molar-refractivity contribution in [2.24, 2.45) is 0 Å². The molecule has 0 aromatic carbocycles. The highest BCUT2D eigenvalue weighted by atomic mass is 32.2. The van der Waals surface area contributed by atoms with Crippen molar-refractivity contribution >= 4 is 40.0 Å². The molecule has 9 nitrogen and oxygen atoms in total. The number of fused-ring (bicyclic) bond motifs is 1. The van der Waals surface area contributed by atoms with Crippen LogP contribution in [0.25, 0.3) is 0 Å². The fraction of sp³-hybridized carbons (Fsp3) is 0.409. The number of thiophene rings is 1. The van der Waals surface area contributed by atoms with E-state index in [4.69, 9.17) is 9.15 Å². The number of rotatable bonds is 9. The molecule has 1 aliphatic carbocycles. The van der Waals surface area contributed by atoms with E-state index in [0.29, 0.717) is 33.9 Å². The van der Waals surface area contributed by atoms with Gasteiger partial charge in [-0.1, -0.05) is 11.8 Å². The maximum Gasteiger partial charge on any atom is 0.313 e. The Bertz CT molecular complexity index is 1180. The first-order valence-electron chi connectivity index (χ1n) is 10.7. The minimum atomic E-state index is -0.398. The zero-order chi connectivity index (χ0) is 23.2. The number of nitrogens with zero attached hydrogens (tertiary/aromatic N) is 4. The molecule has 0 saturated carbocycles. The third-order valence-electron chi connectivity index (χ3n) is 5.16. The molecule has 1 aliphatic rings. The second-order valence-electron chi connectivity index (χ2n) is 7.41. The number of hydrogen-bond donors (Lipinski definition) is 1. The number of aryl methyl sites for hydroxylation is 1. The summed E-state index contributed by atoms with van der Waals surface area (Å²) in [6.45, 7) is 2.35. The minimum absolute atomic E-state index is 0.0272. The van der Waals surface area contributed by atoms with Gasteiger partial charge in [0.25, 0.3) is 0 Å². The lowest BCUT2D eigenvalue weighted by atomic mass is 9.96. The first-order valence-corrected chi connectivity index (χ1v) is 12.5. The van der Waals surface area contributed by atoms with Crippen molar-refractivity contribution in [1.82, 2.24) is 14.8 Å². The molecule has 3 heterocycles. The molecule has 1 amide bonds. The third kappa shape index (κ3) is 5.46. The summed E-state index contributed by atoms with van der Waals surface area (Å²) in [6, 6.07) is 5.85. The molecule has 3 aromatic heterocycles. The van der Waals surface area contributed by atoms with Crippen molar-refractivity contribution in [3.63, 3.8) is 0 Å². The van der Waals surface area contributed by atoms with Gasteiger partial charge >= 0.3 is 5.97 Å². The molecular formula is C22H23N5O4S2. The number of aromatic nitrogens is 3. The Morgan fingerprint density at radius 1 is 1.36 bits per heavy atom. The quantitative estimate of drug-likeness (QED) is 0.360. The highest BCUT2D eigenvalue weighted by Gasteiger charge is 2.23. The number of ether oxygens (including phenoxy) is 1. The molecule has 0 aliphatic heterocycles. The van der Waals surface area contributed by atoms with E-state index in [1.165, 1.54) is 28.0 Å². The third-order valence-corrected chi connectivity index (χ3v) is 7.34. The lowest BCUT2D eigenvalue weighted by molar-refractivity contribution is -0.142. The van der Waals surface area contributed by atoms with Crippen LogP contribution in [-0.4, -0.2) is 39.0 Å². The molecule has 3 aromatic rings. The minimum Gasteiger partial charge on any atom is -0.467 e. The number of nitriles is 1. The van der Waals surface area contributed by atoms with Crippen LogP contribution >= 0.6 is 23.1 Å². The molecule has 0 spiro atoms. The second kappa shape index (κ2) is 10.7. The topological polar surface area (TPSA) is 123 Å². The first-order chi connectivity index (χ1) is 16.1.